The van der Waals surface area contributed by atoms with E-state index in [0.717, 1.165) is 5.01 Å². The number of rotatable bonds is 4. The lowest BCUT2D eigenvalue weighted by Gasteiger charge is -2.03. The molecular weight excluding hydrogens is 174 g/mol. The Morgan fingerprint density at radius 2 is 2.58 bits per heavy atom. The number of aliphatic hydroxyl groups excluding tert-OH is 1. The Kier molecular flexibility index (Phi) is 3.37. The molecule has 12 heavy (non-hydrogen) atoms. The van der Waals surface area contributed by atoms with E-state index in [1.807, 2.05) is 5.38 Å². The van der Waals surface area contributed by atoms with Crippen LogP contribution < -0.4 is 0 Å². The zero-order valence-corrected chi connectivity index (χ0v) is 7.67. The van der Waals surface area contributed by atoms with Gasteiger partial charge in [0.2, 0.25) is 0 Å². The van der Waals surface area contributed by atoms with Crippen LogP contribution in [0.25, 0.3) is 0 Å². The Labute approximate surface area is 75.1 Å². The van der Waals surface area contributed by atoms with Gasteiger partial charge in [-0.25, -0.2) is 4.98 Å². The topological polar surface area (TPSA) is 50.2 Å². The van der Waals surface area contributed by atoms with E-state index in [4.69, 9.17) is 5.11 Å². The molecule has 0 spiro atoms. The molecule has 1 heterocycles. The summed E-state index contributed by atoms with van der Waals surface area (Å²) < 4.78 is 0. The number of Topliss-reactive ketones (excluding diaryl/α,β-unsaturated/α-hetero) is 1. The molecule has 0 aliphatic rings. The minimum absolute atomic E-state index is 0.146. The van der Waals surface area contributed by atoms with Gasteiger partial charge >= 0.3 is 0 Å². The molecule has 1 N–H and O–H groups in total. The molecule has 0 fully saturated rings. The van der Waals surface area contributed by atoms with E-state index in [1.54, 1.807) is 13.1 Å². The van der Waals surface area contributed by atoms with Crippen molar-refractivity contribution in [3.05, 3.63) is 16.6 Å². The van der Waals surface area contributed by atoms with Gasteiger partial charge in [0.25, 0.3) is 0 Å². The molecule has 1 aromatic heterocycles. The first kappa shape index (κ1) is 9.35. The van der Waals surface area contributed by atoms with Crippen molar-refractivity contribution < 1.29 is 9.90 Å². The van der Waals surface area contributed by atoms with Crippen molar-refractivity contribution in [1.29, 1.82) is 0 Å². The Balaban J connectivity index is 2.47. The zero-order valence-electron chi connectivity index (χ0n) is 6.86. The van der Waals surface area contributed by atoms with E-state index in [2.05, 4.69) is 4.98 Å². The second-order valence-corrected chi connectivity index (χ2v) is 3.47. The highest BCUT2D eigenvalue weighted by atomic mass is 32.1. The van der Waals surface area contributed by atoms with Crippen LogP contribution in [0.1, 0.15) is 18.4 Å². The summed E-state index contributed by atoms with van der Waals surface area (Å²) in [5, 5.41) is 11.7. The van der Waals surface area contributed by atoms with Gasteiger partial charge in [-0.05, 0) is 6.42 Å². The molecule has 0 radical (unpaired) electrons. The van der Waals surface area contributed by atoms with Gasteiger partial charge in [-0.2, -0.15) is 0 Å². The van der Waals surface area contributed by atoms with E-state index in [-0.39, 0.29) is 12.2 Å². The number of ketones is 1. The van der Waals surface area contributed by atoms with E-state index in [1.165, 1.54) is 11.3 Å². The highest BCUT2D eigenvalue weighted by Crippen LogP contribution is 2.07. The van der Waals surface area contributed by atoms with Crippen molar-refractivity contribution in [2.75, 3.05) is 0 Å². The summed E-state index contributed by atoms with van der Waals surface area (Å²) >= 11 is 1.44. The highest BCUT2D eigenvalue weighted by Gasteiger charge is 2.13. The average molecular weight is 185 g/mol. The van der Waals surface area contributed by atoms with Gasteiger partial charge in [0.15, 0.2) is 5.78 Å². The minimum Gasteiger partial charge on any atom is -0.385 e. The predicted molar refractivity (Wildman–Crippen MR) is 47.1 cm³/mol. The summed E-state index contributed by atoms with van der Waals surface area (Å²) in [7, 11) is 0. The third-order valence-electron chi connectivity index (χ3n) is 1.57. The molecule has 1 unspecified atom stereocenters. The molecule has 0 aromatic carbocycles. The lowest BCUT2D eigenvalue weighted by Crippen LogP contribution is -2.20. The summed E-state index contributed by atoms with van der Waals surface area (Å²) in [5.74, 6) is -0.146. The SMILES string of the molecule is CCC(O)C(=O)Cc1nccs1. The van der Waals surface area contributed by atoms with Crippen molar-refractivity contribution >= 4 is 17.1 Å². The monoisotopic (exact) mass is 185 g/mol. The first-order valence-corrected chi connectivity index (χ1v) is 4.71. The fourth-order valence-electron chi connectivity index (χ4n) is 0.835. The van der Waals surface area contributed by atoms with Crippen LogP contribution in [0.4, 0.5) is 0 Å². The molecule has 1 aromatic rings. The van der Waals surface area contributed by atoms with E-state index in [9.17, 15) is 4.79 Å². The molecule has 0 amide bonds. The Morgan fingerprint density at radius 3 is 3.08 bits per heavy atom. The van der Waals surface area contributed by atoms with Crippen LogP contribution in [0.5, 0.6) is 0 Å². The van der Waals surface area contributed by atoms with Crippen LogP contribution in [0, 0.1) is 0 Å². The van der Waals surface area contributed by atoms with Crippen LogP contribution in [0.15, 0.2) is 11.6 Å². The molecule has 1 atom stereocenters. The number of thiazole rings is 1. The van der Waals surface area contributed by atoms with Crippen molar-refractivity contribution in [1.82, 2.24) is 4.98 Å². The van der Waals surface area contributed by atoms with Crippen LogP contribution in [0.2, 0.25) is 0 Å². The summed E-state index contributed by atoms with van der Waals surface area (Å²) in [6.07, 6.45) is 1.57. The number of nitrogens with zero attached hydrogens (tertiary/aromatic N) is 1. The maximum atomic E-state index is 11.2. The second kappa shape index (κ2) is 4.33. The van der Waals surface area contributed by atoms with Gasteiger partial charge in [-0.15, -0.1) is 11.3 Å². The molecule has 1 rings (SSSR count). The zero-order chi connectivity index (χ0) is 8.97. The maximum absolute atomic E-state index is 11.2. The second-order valence-electron chi connectivity index (χ2n) is 2.49. The number of hydrogen-bond donors (Lipinski definition) is 1. The fraction of sp³-hybridized carbons (Fsp3) is 0.500. The first-order chi connectivity index (χ1) is 5.74. The van der Waals surface area contributed by atoms with Gasteiger partial charge in [-0.1, -0.05) is 6.92 Å². The third kappa shape index (κ3) is 2.39. The molecular formula is C8H11NO2S. The Hall–Kier alpha value is -0.740. The summed E-state index contributed by atoms with van der Waals surface area (Å²) in [6.45, 7) is 1.78. The van der Waals surface area contributed by atoms with Crippen LogP contribution in [-0.2, 0) is 11.2 Å². The lowest BCUT2D eigenvalue weighted by molar-refractivity contribution is -0.126. The van der Waals surface area contributed by atoms with Crippen molar-refractivity contribution in [3.63, 3.8) is 0 Å². The summed E-state index contributed by atoms with van der Waals surface area (Å²) in [4.78, 5) is 15.1. The van der Waals surface area contributed by atoms with Crippen LogP contribution in [0.3, 0.4) is 0 Å². The minimum atomic E-state index is -0.825. The van der Waals surface area contributed by atoms with Crippen molar-refractivity contribution in [3.8, 4) is 0 Å². The molecule has 0 saturated heterocycles. The molecule has 0 bridgehead atoms. The quantitative estimate of drug-likeness (QED) is 0.762. The third-order valence-corrected chi connectivity index (χ3v) is 2.35. The van der Waals surface area contributed by atoms with Crippen molar-refractivity contribution in [2.45, 2.75) is 25.9 Å². The Morgan fingerprint density at radius 1 is 1.83 bits per heavy atom. The van der Waals surface area contributed by atoms with Crippen LogP contribution in [-0.4, -0.2) is 22.0 Å². The number of aromatic nitrogens is 1. The maximum Gasteiger partial charge on any atom is 0.168 e. The number of aliphatic hydroxyl groups is 1. The molecule has 0 aliphatic carbocycles. The number of carbonyl (C=O) groups is 1. The summed E-state index contributed by atoms with van der Waals surface area (Å²) in [5.41, 5.74) is 0. The highest BCUT2D eigenvalue weighted by molar-refractivity contribution is 7.09. The van der Waals surface area contributed by atoms with E-state index >= 15 is 0 Å². The van der Waals surface area contributed by atoms with Gasteiger partial charge in [0.1, 0.15) is 6.10 Å². The summed E-state index contributed by atoms with van der Waals surface area (Å²) in [6, 6.07) is 0. The van der Waals surface area contributed by atoms with Gasteiger partial charge in [0.05, 0.1) is 11.4 Å². The van der Waals surface area contributed by atoms with E-state index in [0.29, 0.717) is 6.42 Å². The van der Waals surface area contributed by atoms with Crippen LogP contribution >= 0.6 is 11.3 Å². The normalized spacial score (nSPS) is 12.8. The van der Waals surface area contributed by atoms with Gasteiger partial charge < -0.3 is 5.11 Å². The smallest absolute Gasteiger partial charge is 0.168 e. The average Bonchev–Trinajstić information content (AvgIpc) is 2.55. The van der Waals surface area contributed by atoms with Crippen molar-refractivity contribution in [2.24, 2.45) is 0 Å². The predicted octanol–water partition coefficient (Wildman–Crippen LogP) is 1.03. The number of hydrogen-bond acceptors (Lipinski definition) is 4. The number of carbonyl (C=O) groups excluding carboxylic acids is 1. The van der Waals surface area contributed by atoms with E-state index < -0.39 is 6.10 Å². The molecule has 0 aliphatic heterocycles. The fourth-order valence-corrected chi connectivity index (χ4v) is 1.46. The first-order valence-electron chi connectivity index (χ1n) is 3.83. The lowest BCUT2D eigenvalue weighted by atomic mass is 10.1. The largest absolute Gasteiger partial charge is 0.385 e. The van der Waals surface area contributed by atoms with Gasteiger partial charge in [-0.3, -0.25) is 4.79 Å². The molecule has 66 valence electrons. The van der Waals surface area contributed by atoms with Gasteiger partial charge in [0, 0.05) is 11.6 Å². The molecule has 4 heteroatoms. The molecule has 0 saturated carbocycles. The molecule has 3 nitrogen and oxygen atoms in total. The standard InChI is InChI=1S/C8H11NO2S/c1-2-6(10)7(11)5-8-9-3-4-12-8/h3-4,6,10H,2,5H2,1H3. The Bertz CT molecular complexity index is 246.